The van der Waals surface area contributed by atoms with Gasteiger partial charge in [0, 0.05) is 11.4 Å². The summed E-state index contributed by atoms with van der Waals surface area (Å²) in [6, 6.07) is 10.4. The molecule has 0 aliphatic rings. The number of urea groups is 1. The lowest BCUT2D eigenvalue weighted by Gasteiger charge is -2.11. The number of rotatable bonds is 5. The summed E-state index contributed by atoms with van der Waals surface area (Å²) in [5, 5.41) is 17.6. The summed E-state index contributed by atoms with van der Waals surface area (Å²) in [4.78, 5) is 12.6. The van der Waals surface area contributed by atoms with E-state index in [-0.39, 0.29) is 6.03 Å². The van der Waals surface area contributed by atoms with Crippen molar-refractivity contribution in [1.29, 1.82) is 0 Å². The molecule has 0 aliphatic heterocycles. The van der Waals surface area contributed by atoms with Gasteiger partial charge in [-0.2, -0.15) is 0 Å². The van der Waals surface area contributed by atoms with Crippen molar-refractivity contribution in [3.63, 3.8) is 0 Å². The molecule has 1 heterocycles. The van der Waals surface area contributed by atoms with Crippen LogP contribution in [0.5, 0.6) is 0 Å². The lowest BCUT2D eigenvalue weighted by atomic mass is 10.2. The molecule has 20 heavy (non-hydrogen) atoms. The summed E-state index contributed by atoms with van der Waals surface area (Å²) in [7, 11) is 0. The number of halogens is 1. The summed E-state index contributed by atoms with van der Waals surface area (Å²) in [6.45, 7) is 0.384. The smallest absolute Gasteiger partial charge is 0.319 e. The molecular formula is C14H15ClN2O2S. The van der Waals surface area contributed by atoms with Crippen LogP contribution in [0.1, 0.15) is 17.4 Å². The Bertz CT molecular complexity index is 560. The highest BCUT2D eigenvalue weighted by Gasteiger charge is 2.09. The molecule has 0 spiro atoms. The molecule has 0 radical (unpaired) electrons. The Labute approximate surface area is 126 Å². The number of thiophene rings is 1. The third-order valence-electron chi connectivity index (χ3n) is 2.70. The molecule has 0 saturated carbocycles. The monoisotopic (exact) mass is 310 g/mol. The first-order valence-corrected chi connectivity index (χ1v) is 7.43. The molecule has 0 aliphatic carbocycles. The number of amides is 2. The molecule has 2 rings (SSSR count). The van der Waals surface area contributed by atoms with Crippen LogP contribution in [0.4, 0.5) is 10.5 Å². The van der Waals surface area contributed by atoms with Gasteiger partial charge in [-0.3, -0.25) is 0 Å². The molecule has 1 atom stereocenters. The zero-order chi connectivity index (χ0) is 14.4. The van der Waals surface area contributed by atoms with E-state index >= 15 is 0 Å². The van der Waals surface area contributed by atoms with Gasteiger partial charge in [-0.25, -0.2) is 4.79 Å². The minimum atomic E-state index is -0.546. The highest BCUT2D eigenvalue weighted by Crippen LogP contribution is 2.21. The Morgan fingerprint density at radius 1 is 1.30 bits per heavy atom. The Morgan fingerprint density at radius 2 is 2.10 bits per heavy atom. The highest BCUT2D eigenvalue weighted by atomic mass is 35.5. The minimum absolute atomic E-state index is 0.337. The normalized spacial score (nSPS) is 11.9. The van der Waals surface area contributed by atoms with E-state index in [0.29, 0.717) is 23.7 Å². The molecule has 3 N–H and O–H groups in total. The number of anilines is 1. The van der Waals surface area contributed by atoms with E-state index < -0.39 is 6.10 Å². The molecule has 1 aromatic heterocycles. The molecule has 1 unspecified atom stereocenters. The number of hydrogen-bond donors (Lipinski definition) is 3. The number of hydrogen-bond acceptors (Lipinski definition) is 3. The maximum atomic E-state index is 11.7. The third kappa shape index (κ3) is 4.23. The van der Waals surface area contributed by atoms with Gasteiger partial charge >= 0.3 is 6.03 Å². The number of carbonyl (C=O) groups is 1. The summed E-state index contributed by atoms with van der Waals surface area (Å²) in [5.74, 6) is 0. The van der Waals surface area contributed by atoms with Crippen LogP contribution in [-0.4, -0.2) is 17.7 Å². The van der Waals surface area contributed by atoms with Crippen molar-refractivity contribution in [3.05, 3.63) is 51.7 Å². The number of nitrogens with one attached hydrogen (secondary N) is 2. The van der Waals surface area contributed by atoms with E-state index in [1.807, 2.05) is 17.5 Å². The number of para-hydroxylation sites is 1. The summed E-state index contributed by atoms with van der Waals surface area (Å²) in [6.07, 6.45) is -0.0770. The van der Waals surface area contributed by atoms with Crippen LogP contribution in [0.25, 0.3) is 0 Å². The first-order valence-electron chi connectivity index (χ1n) is 6.17. The summed E-state index contributed by atoms with van der Waals surface area (Å²) < 4.78 is 0. The predicted octanol–water partition coefficient (Wildman–Crippen LogP) is 3.65. The molecule has 106 valence electrons. The summed E-state index contributed by atoms with van der Waals surface area (Å²) in [5.41, 5.74) is 0.561. The van der Waals surface area contributed by atoms with Crippen molar-refractivity contribution < 1.29 is 9.90 Å². The Morgan fingerprint density at radius 3 is 2.80 bits per heavy atom. The molecule has 0 fully saturated rings. The fraction of sp³-hybridized carbons (Fsp3) is 0.214. The van der Waals surface area contributed by atoms with Crippen molar-refractivity contribution in [2.45, 2.75) is 12.5 Å². The molecule has 0 saturated heterocycles. The molecule has 4 nitrogen and oxygen atoms in total. The Hall–Kier alpha value is -1.56. The van der Waals surface area contributed by atoms with Crippen LogP contribution < -0.4 is 10.6 Å². The molecule has 1 aromatic carbocycles. The number of carbonyl (C=O) groups excluding carboxylic acids is 1. The van der Waals surface area contributed by atoms with Crippen LogP contribution in [0.3, 0.4) is 0 Å². The number of aliphatic hydroxyl groups excluding tert-OH is 1. The standard InChI is InChI=1S/C14H15ClN2O2S/c15-10-4-1-2-5-11(10)17-14(19)16-8-7-12(18)13-6-3-9-20-13/h1-6,9,12,18H,7-8H2,(H2,16,17,19). The van der Waals surface area contributed by atoms with E-state index in [1.165, 1.54) is 11.3 Å². The van der Waals surface area contributed by atoms with Gasteiger partial charge in [0.25, 0.3) is 0 Å². The van der Waals surface area contributed by atoms with Crippen LogP contribution in [0.2, 0.25) is 5.02 Å². The second-order valence-electron chi connectivity index (χ2n) is 4.18. The zero-order valence-corrected chi connectivity index (χ0v) is 12.2. The van der Waals surface area contributed by atoms with E-state index in [1.54, 1.807) is 24.3 Å². The van der Waals surface area contributed by atoms with Crippen molar-refractivity contribution in [1.82, 2.24) is 5.32 Å². The third-order valence-corrected chi connectivity index (χ3v) is 4.00. The van der Waals surface area contributed by atoms with Crippen LogP contribution in [0, 0.1) is 0 Å². The Kier molecular flexibility index (Phi) is 5.40. The average molecular weight is 311 g/mol. The van der Waals surface area contributed by atoms with E-state index in [4.69, 9.17) is 11.6 Å². The van der Waals surface area contributed by atoms with Crippen molar-refractivity contribution in [3.8, 4) is 0 Å². The maximum absolute atomic E-state index is 11.7. The lowest BCUT2D eigenvalue weighted by molar-refractivity contribution is 0.171. The van der Waals surface area contributed by atoms with Crippen LogP contribution in [0.15, 0.2) is 41.8 Å². The number of benzene rings is 1. The van der Waals surface area contributed by atoms with Crippen molar-refractivity contribution in [2.24, 2.45) is 0 Å². The molecular weight excluding hydrogens is 296 g/mol. The summed E-state index contributed by atoms with van der Waals surface area (Å²) >= 11 is 7.44. The average Bonchev–Trinajstić information content (AvgIpc) is 2.95. The van der Waals surface area contributed by atoms with Crippen LogP contribution in [-0.2, 0) is 0 Å². The highest BCUT2D eigenvalue weighted by molar-refractivity contribution is 7.10. The maximum Gasteiger partial charge on any atom is 0.319 e. The fourth-order valence-electron chi connectivity index (χ4n) is 1.67. The van der Waals surface area contributed by atoms with Gasteiger partial charge in [0.2, 0.25) is 0 Å². The van der Waals surface area contributed by atoms with Gasteiger partial charge in [0.05, 0.1) is 16.8 Å². The van der Waals surface area contributed by atoms with Crippen molar-refractivity contribution >= 4 is 34.7 Å². The molecule has 2 aromatic rings. The van der Waals surface area contributed by atoms with Gasteiger partial charge in [0.1, 0.15) is 0 Å². The SMILES string of the molecule is O=C(NCCC(O)c1cccs1)Nc1ccccc1Cl. The van der Waals surface area contributed by atoms with E-state index in [0.717, 1.165) is 4.88 Å². The second kappa shape index (κ2) is 7.28. The molecule has 2 amide bonds. The van der Waals surface area contributed by atoms with Gasteiger partial charge < -0.3 is 15.7 Å². The van der Waals surface area contributed by atoms with Gasteiger partial charge in [-0.15, -0.1) is 11.3 Å². The van der Waals surface area contributed by atoms with Crippen LogP contribution >= 0.6 is 22.9 Å². The molecule has 0 bridgehead atoms. The number of aliphatic hydroxyl groups is 1. The minimum Gasteiger partial charge on any atom is -0.388 e. The second-order valence-corrected chi connectivity index (χ2v) is 5.57. The first-order chi connectivity index (χ1) is 9.66. The van der Waals surface area contributed by atoms with Gasteiger partial charge in [-0.05, 0) is 30.0 Å². The van der Waals surface area contributed by atoms with Gasteiger partial charge in [0.15, 0.2) is 0 Å². The quantitative estimate of drug-likeness (QED) is 0.789. The van der Waals surface area contributed by atoms with E-state index in [2.05, 4.69) is 10.6 Å². The largest absolute Gasteiger partial charge is 0.388 e. The first kappa shape index (κ1) is 14.8. The van der Waals surface area contributed by atoms with Gasteiger partial charge in [-0.1, -0.05) is 29.8 Å². The Balaban J connectivity index is 1.74. The fourth-order valence-corrected chi connectivity index (χ4v) is 2.60. The topological polar surface area (TPSA) is 61.4 Å². The molecule has 6 heteroatoms. The lowest BCUT2D eigenvalue weighted by Crippen LogP contribution is -2.30. The predicted molar refractivity (Wildman–Crippen MR) is 82.4 cm³/mol. The van der Waals surface area contributed by atoms with E-state index in [9.17, 15) is 9.90 Å². The zero-order valence-electron chi connectivity index (χ0n) is 10.7. The van der Waals surface area contributed by atoms with Crippen molar-refractivity contribution in [2.75, 3.05) is 11.9 Å².